The number of hydrogen-bond donors (Lipinski definition) is 0. The fraction of sp³-hybridized carbons (Fsp3) is 0.556. The standard InChI is InChI=1S/C16H15B2F3N2O2.C2H6.O.2V/c1-8-5-13-11(6-12(8)16(19,20)21)9(2)23(15(13,17)18)14(25)4-3-10(22)7-24;1-2;;;/h5-6,9-10,22H,3-4H2,1-2H3;1-2H3;;;/q-2;;;;/t9?,10-;;;;/m1..../s1. The van der Waals surface area contributed by atoms with Gasteiger partial charge in [-0.2, -0.15) is 13.2 Å². The first-order valence-corrected chi connectivity index (χ1v) is 9.37. The molecule has 0 bridgehead atoms. The van der Waals surface area contributed by atoms with Gasteiger partial charge in [-0.3, -0.25) is 11.1 Å². The van der Waals surface area contributed by atoms with Gasteiger partial charge in [-0.25, -0.2) is 6.04 Å². The Morgan fingerprint density at radius 3 is 2.27 bits per heavy atom. The number of alkyl halides is 3. The number of carbonyl (C=O) groups excluding carboxylic acids is 2. The topological polar surface area (TPSA) is 78.2 Å². The Bertz CT molecular complexity index is 737. The second kappa shape index (κ2) is 12.9. The molecule has 1 amide bonds. The van der Waals surface area contributed by atoms with Gasteiger partial charge in [0.15, 0.2) is 0 Å². The number of carbonyl (C=O) groups is 1. The van der Waals surface area contributed by atoms with Gasteiger partial charge in [-0.15, -0.1) is 0 Å². The number of benzene rings is 1. The summed E-state index contributed by atoms with van der Waals surface area (Å²) in [6.45, 7) is 6.84. The molecule has 1 aliphatic rings. The van der Waals surface area contributed by atoms with Crippen molar-refractivity contribution in [1.82, 2.24) is 4.90 Å². The van der Waals surface area contributed by atoms with Crippen molar-refractivity contribution in [2.24, 2.45) is 0 Å². The Labute approximate surface area is 199 Å². The maximum Gasteiger partial charge on any atom is 0 e. The summed E-state index contributed by atoms with van der Waals surface area (Å²) in [5.41, 5.74) is 6.96. The van der Waals surface area contributed by atoms with Crippen LogP contribution in [-0.4, -0.2) is 38.8 Å². The second-order valence-electron chi connectivity index (χ2n) is 6.23. The Balaban J connectivity index is 0. The average Bonchev–Trinajstić information content (AvgIpc) is 2.86. The predicted molar refractivity (Wildman–Crippen MR) is 99.7 cm³/mol. The molecule has 1 aromatic carbocycles. The minimum atomic E-state index is -4.53. The van der Waals surface area contributed by atoms with Crippen LogP contribution in [0.15, 0.2) is 12.1 Å². The molecule has 1 aromatic rings. The fourth-order valence-corrected chi connectivity index (χ4v) is 3.18. The molecule has 12 heteroatoms. The number of fused-ring (bicyclic) bond motifs is 1. The average molecular weight is 494 g/mol. The van der Waals surface area contributed by atoms with Gasteiger partial charge in [-0.05, 0) is 41.9 Å². The largest absolute Gasteiger partial charge is 0 e. The van der Waals surface area contributed by atoms with Gasteiger partial charge < -0.3 is 15.4 Å². The Hall–Kier alpha value is -0.791. The number of halogens is 3. The molecule has 5 nitrogen and oxygen atoms in total. The number of rotatable bonds is 4. The third-order valence-electron chi connectivity index (χ3n) is 4.43. The molecule has 0 saturated heterocycles. The fourth-order valence-electron chi connectivity index (χ4n) is 3.18. The van der Waals surface area contributed by atoms with Gasteiger partial charge in [0, 0.05) is 25.0 Å². The molecule has 1 heterocycles. The molecule has 0 saturated carbocycles. The van der Waals surface area contributed by atoms with Crippen molar-refractivity contribution < 1.29 is 62.4 Å². The van der Waals surface area contributed by atoms with E-state index < -0.39 is 35.1 Å². The van der Waals surface area contributed by atoms with Crippen LogP contribution >= 0.6 is 0 Å². The number of hydrogen-bond acceptors (Lipinski definition) is 3. The third kappa shape index (κ3) is 6.86. The first kappa shape index (κ1) is 31.4. The summed E-state index contributed by atoms with van der Waals surface area (Å²) in [6.07, 6.45) is -3.32. The first-order chi connectivity index (χ1) is 13.4. The van der Waals surface area contributed by atoms with E-state index in [-0.39, 0.29) is 48.1 Å². The quantitative estimate of drug-likeness (QED) is 0.475. The molecule has 1 aliphatic heterocycles. The van der Waals surface area contributed by atoms with Crippen LogP contribution in [-0.2, 0) is 60.7 Å². The van der Waals surface area contributed by atoms with E-state index in [1.54, 1.807) is 0 Å². The zero-order valence-electron chi connectivity index (χ0n) is 17.1. The van der Waals surface area contributed by atoms with Crippen LogP contribution in [0.4, 0.5) is 13.2 Å². The number of aryl methyl sites for hydroxylation is 1. The van der Waals surface area contributed by atoms with Crippen LogP contribution in [0, 0.1) is 6.92 Å². The zero-order chi connectivity index (χ0) is 23.2. The van der Waals surface area contributed by atoms with Crippen molar-refractivity contribution in [3.05, 3.63) is 40.1 Å². The smallest absolute Gasteiger partial charge is 0 e. The summed E-state index contributed by atoms with van der Waals surface area (Å²) in [5.74, 6) is -0.535. The summed E-state index contributed by atoms with van der Waals surface area (Å²) in [7, 11) is 12.1. The van der Waals surface area contributed by atoms with Gasteiger partial charge in [0.25, 0.3) is 0 Å². The molecular formula is C18H21B2F3N2O3V2-2. The van der Waals surface area contributed by atoms with Crippen molar-refractivity contribution in [1.29, 1.82) is 0 Å². The molecular weight excluding hydrogens is 473 g/mol. The van der Waals surface area contributed by atoms with E-state index in [0.717, 1.165) is 28.3 Å². The van der Waals surface area contributed by atoms with Crippen molar-refractivity contribution >= 4 is 27.9 Å². The summed E-state index contributed by atoms with van der Waals surface area (Å²) in [5, 5.41) is -1.76. The molecule has 1 N–H and O–H groups in total. The van der Waals surface area contributed by atoms with Crippen molar-refractivity contribution in [2.75, 3.05) is 0 Å². The Kier molecular flexibility index (Phi) is 13.5. The molecule has 160 valence electrons. The van der Waals surface area contributed by atoms with E-state index in [2.05, 4.69) is 0 Å². The SMILES string of the molecule is CC.[B]C1([B])c2cc(C)c(C(F)(F)F)cc2C(C)N1C(=O)CC[C@@H]([NH-])[C-]=O.[O]=[V].[V]. The molecule has 2 atom stereocenters. The molecule has 0 fully saturated rings. The van der Waals surface area contributed by atoms with Crippen LogP contribution in [0.5, 0.6) is 0 Å². The molecule has 2 rings (SSSR count). The number of nitrogens with one attached hydrogen (secondary N) is 1. The third-order valence-corrected chi connectivity index (χ3v) is 4.43. The predicted octanol–water partition coefficient (Wildman–Crippen LogP) is 3.58. The normalized spacial score (nSPS) is 17.2. The molecule has 1 unspecified atom stereocenters. The van der Waals surface area contributed by atoms with Crippen molar-refractivity contribution in [2.45, 2.75) is 64.1 Å². The van der Waals surface area contributed by atoms with Gasteiger partial charge in [0.2, 0.25) is 5.91 Å². The molecule has 30 heavy (non-hydrogen) atoms. The van der Waals surface area contributed by atoms with Crippen LogP contribution in [0.3, 0.4) is 0 Å². The van der Waals surface area contributed by atoms with Crippen molar-refractivity contribution in [3.8, 4) is 0 Å². The Morgan fingerprint density at radius 2 is 1.83 bits per heavy atom. The van der Waals surface area contributed by atoms with E-state index in [1.807, 2.05) is 13.8 Å². The van der Waals surface area contributed by atoms with Crippen LogP contribution in [0.2, 0.25) is 0 Å². The van der Waals surface area contributed by atoms with E-state index in [4.69, 9.17) is 25.1 Å². The van der Waals surface area contributed by atoms with E-state index in [1.165, 1.54) is 26.2 Å². The Morgan fingerprint density at radius 1 is 1.33 bits per heavy atom. The molecule has 0 aromatic heterocycles. The minimum absolute atomic E-state index is 0. The van der Waals surface area contributed by atoms with Crippen LogP contribution < -0.4 is 0 Å². The number of nitrogens with zero attached hydrogens (tertiary/aromatic N) is 1. The van der Waals surface area contributed by atoms with Crippen LogP contribution in [0.25, 0.3) is 5.73 Å². The molecule has 5 radical (unpaired) electrons. The van der Waals surface area contributed by atoms with Gasteiger partial charge >= 0.3 is 27.2 Å². The second-order valence-corrected chi connectivity index (χ2v) is 6.23. The van der Waals surface area contributed by atoms with E-state index in [9.17, 15) is 22.8 Å². The maximum atomic E-state index is 13.1. The minimum Gasteiger partial charge on any atom is 0 e. The first-order valence-electron chi connectivity index (χ1n) is 8.80. The molecule has 0 aliphatic carbocycles. The summed E-state index contributed by atoms with van der Waals surface area (Å²) >= 11 is 1.06. The number of amides is 1. The van der Waals surface area contributed by atoms with E-state index >= 15 is 0 Å². The molecule has 0 spiro atoms. The summed E-state index contributed by atoms with van der Waals surface area (Å²) < 4.78 is 47.6. The zero-order valence-corrected chi connectivity index (χ0v) is 19.9. The van der Waals surface area contributed by atoms with Crippen LogP contribution in [0.1, 0.15) is 61.9 Å². The summed E-state index contributed by atoms with van der Waals surface area (Å²) in [4.78, 5) is 23.9. The maximum absolute atomic E-state index is 13.1. The van der Waals surface area contributed by atoms with Gasteiger partial charge in [-0.1, -0.05) is 26.3 Å². The van der Waals surface area contributed by atoms with Gasteiger partial charge in [0.05, 0.1) is 27.3 Å². The monoisotopic (exact) mass is 494 g/mol. The van der Waals surface area contributed by atoms with Crippen molar-refractivity contribution in [3.63, 3.8) is 0 Å². The van der Waals surface area contributed by atoms with E-state index in [0.29, 0.717) is 0 Å². The summed E-state index contributed by atoms with van der Waals surface area (Å²) in [6, 6.07) is 0.301. The van der Waals surface area contributed by atoms with Gasteiger partial charge in [0.1, 0.15) is 0 Å².